The Labute approximate surface area is 199 Å². The van der Waals surface area contributed by atoms with Crippen LogP contribution in [0, 0.1) is 11.8 Å². The number of anilines is 1. The minimum absolute atomic E-state index is 0. The molecule has 30 heavy (non-hydrogen) atoms. The second-order valence-corrected chi connectivity index (χ2v) is 8.21. The Morgan fingerprint density at radius 3 is 2.43 bits per heavy atom. The summed E-state index contributed by atoms with van der Waals surface area (Å²) in [6.07, 6.45) is 3.33. The molecule has 2 heterocycles. The van der Waals surface area contributed by atoms with Crippen LogP contribution < -0.4 is 10.2 Å². The van der Waals surface area contributed by atoms with Gasteiger partial charge < -0.3 is 25.0 Å². The maximum absolute atomic E-state index is 9.31. The first kappa shape index (κ1) is 25.2. The third-order valence-corrected chi connectivity index (χ3v) is 6.06. The van der Waals surface area contributed by atoms with E-state index in [0.29, 0.717) is 25.0 Å². The van der Waals surface area contributed by atoms with Crippen molar-refractivity contribution in [2.24, 2.45) is 16.8 Å². The SMILES string of the molecule is CCNC(=NCc1ccc(N2CCC(CO)CC2)cc1)N1CCC(COCC)C1.I. The average Bonchev–Trinajstić information content (AvgIpc) is 3.24. The Morgan fingerprint density at radius 1 is 1.10 bits per heavy atom. The van der Waals surface area contributed by atoms with Crippen LogP contribution in [-0.4, -0.2) is 68.5 Å². The molecule has 2 N–H and O–H groups in total. The molecule has 2 saturated heterocycles. The molecule has 7 heteroatoms. The molecule has 2 aliphatic rings. The zero-order valence-corrected chi connectivity index (χ0v) is 20.9. The summed E-state index contributed by atoms with van der Waals surface area (Å²) in [5, 5.41) is 12.8. The van der Waals surface area contributed by atoms with Crippen LogP contribution in [0.1, 0.15) is 38.7 Å². The predicted octanol–water partition coefficient (Wildman–Crippen LogP) is 3.34. The number of rotatable bonds is 8. The van der Waals surface area contributed by atoms with Crippen molar-refractivity contribution in [2.75, 3.05) is 57.4 Å². The molecule has 0 amide bonds. The number of guanidine groups is 1. The third kappa shape index (κ3) is 7.27. The van der Waals surface area contributed by atoms with Crippen LogP contribution in [-0.2, 0) is 11.3 Å². The zero-order valence-electron chi connectivity index (χ0n) is 18.6. The lowest BCUT2D eigenvalue weighted by Gasteiger charge is -2.32. The first-order valence-electron chi connectivity index (χ1n) is 11.3. The van der Waals surface area contributed by atoms with Crippen LogP contribution in [0.4, 0.5) is 5.69 Å². The molecule has 2 aliphatic heterocycles. The summed E-state index contributed by atoms with van der Waals surface area (Å²) in [7, 11) is 0. The predicted molar refractivity (Wildman–Crippen MR) is 135 cm³/mol. The number of ether oxygens (including phenoxy) is 1. The second kappa shape index (κ2) is 13.4. The Hall–Kier alpha value is -1.06. The number of hydrogen-bond acceptors (Lipinski definition) is 4. The number of benzene rings is 1. The largest absolute Gasteiger partial charge is 0.396 e. The van der Waals surface area contributed by atoms with Crippen molar-refractivity contribution in [3.05, 3.63) is 29.8 Å². The highest BCUT2D eigenvalue weighted by atomic mass is 127. The van der Waals surface area contributed by atoms with E-state index in [0.717, 1.165) is 64.7 Å². The zero-order chi connectivity index (χ0) is 20.5. The smallest absolute Gasteiger partial charge is 0.194 e. The Bertz CT molecular complexity index is 633. The van der Waals surface area contributed by atoms with Crippen molar-refractivity contribution >= 4 is 35.6 Å². The topological polar surface area (TPSA) is 60.3 Å². The summed E-state index contributed by atoms with van der Waals surface area (Å²) in [6, 6.07) is 8.82. The van der Waals surface area contributed by atoms with E-state index in [1.807, 2.05) is 0 Å². The molecule has 1 aromatic carbocycles. The molecule has 0 aromatic heterocycles. The van der Waals surface area contributed by atoms with Crippen molar-refractivity contribution in [2.45, 2.75) is 39.7 Å². The molecule has 1 unspecified atom stereocenters. The number of piperidine rings is 1. The lowest BCUT2D eigenvalue weighted by Crippen LogP contribution is -2.40. The molecule has 0 radical (unpaired) electrons. The number of nitrogens with one attached hydrogen (secondary N) is 1. The number of aliphatic imine (C=N–C) groups is 1. The van der Waals surface area contributed by atoms with Crippen LogP contribution in [0.2, 0.25) is 0 Å². The lowest BCUT2D eigenvalue weighted by atomic mass is 9.97. The normalized spacial score (nSPS) is 20.4. The summed E-state index contributed by atoms with van der Waals surface area (Å²) in [5.41, 5.74) is 2.51. The van der Waals surface area contributed by atoms with Gasteiger partial charge in [0.15, 0.2) is 5.96 Å². The molecule has 170 valence electrons. The minimum Gasteiger partial charge on any atom is -0.396 e. The molecule has 0 spiro atoms. The van der Waals surface area contributed by atoms with Gasteiger partial charge in [-0.25, -0.2) is 4.99 Å². The molecular formula is C23H39IN4O2. The van der Waals surface area contributed by atoms with Gasteiger partial charge in [-0.3, -0.25) is 0 Å². The number of likely N-dealkylation sites (tertiary alicyclic amines) is 1. The molecule has 1 aromatic rings. The van der Waals surface area contributed by atoms with E-state index in [2.05, 4.69) is 53.2 Å². The summed E-state index contributed by atoms with van der Waals surface area (Å²) in [4.78, 5) is 9.68. The van der Waals surface area contributed by atoms with Gasteiger partial charge in [0.2, 0.25) is 0 Å². The van der Waals surface area contributed by atoms with Crippen LogP contribution >= 0.6 is 24.0 Å². The summed E-state index contributed by atoms with van der Waals surface area (Å²) in [6.45, 7) is 11.9. The van der Waals surface area contributed by atoms with E-state index in [1.54, 1.807) is 0 Å². The quantitative estimate of drug-likeness (QED) is 0.307. The highest BCUT2D eigenvalue weighted by Crippen LogP contribution is 2.23. The summed E-state index contributed by atoms with van der Waals surface area (Å²) in [5.74, 6) is 2.10. The van der Waals surface area contributed by atoms with Crippen molar-refractivity contribution in [1.29, 1.82) is 0 Å². The first-order chi connectivity index (χ1) is 14.2. The number of aliphatic hydroxyl groups excluding tert-OH is 1. The highest BCUT2D eigenvalue weighted by molar-refractivity contribution is 14.0. The third-order valence-electron chi connectivity index (χ3n) is 6.06. The van der Waals surface area contributed by atoms with Crippen molar-refractivity contribution < 1.29 is 9.84 Å². The van der Waals surface area contributed by atoms with E-state index in [9.17, 15) is 5.11 Å². The van der Waals surface area contributed by atoms with Gasteiger partial charge >= 0.3 is 0 Å². The Kier molecular flexibility index (Phi) is 11.2. The van der Waals surface area contributed by atoms with Gasteiger partial charge in [-0.2, -0.15) is 0 Å². The van der Waals surface area contributed by atoms with E-state index in [1.165, 1.54) is 17.7 Å². The Balaban J connectivity index is 0.00000320. The van der Waals surface area contributed by atoms with Gasteiger partial charge in [0.25, 0.3) is 0 Å². The minimum atomic E-state index is 0. The van der Waals surface area contributed by atoms with Crippen LogP contribution in [0.3, 0.4) is 0 Å². The maximum Gasteiger partial charge on any atom is 0.194 e. The number of nitrogens with zero attached hydrogens (tertiary/aromatic N) is 3. The maximum atomic E-state index is 9.31. The molecule has 0 saturated carbocycles. The van der Waals surface area contributed by atoms with Gasteiger partial charge in [-0.1, -0.05) is 12.1 Å². The molecule has 1 atom stereocenters. The van der Waals surface area contributed by atoms with Gasteiger partial charge in [-0.05, 0) is 56.7 Å². The number of halogens is 1. The van der Waals surface area contributed by atoms with E-state index >= 15 is 0 Å². The molecule has 6 nitrogen and oxygen atoms in total. The average molecular weight is 530 g/mol. The van der Waals surface area contributed by atoms with Crippen LogP contribution in [0.25, 0.3) is 0 Å². The summed E-state index contributed by atoms with van der Waals surface area (Å²) < 4.78 is 5.60. The van der Waals surface area contributed by atoms with Crippen LogP contribution in [0.15, 0.2) is 29.3 Å². The fourth-order valence-corrected chi connectivity index (χ4v) is 4.22. The van der Waals surface area contributed by atoms with Crippen molar-refractivity contribution in [3.63, 3.8) is 0 Å². The number of aliphatic hydroxyl groups is 1. The second-order valence-electron chi connectivity index (χ2n) is 8.21. The standard InChI is InChI=1S/C23H38N4O2.HI/c1-3-24-23(27-14-11-21(16-27)18-29-4-2)25-15-19-5-7-22(8-6-19)26-12-9-20(17-28)10-13-26;/h5-8,20-21,28H,3-4,9-18H2,1-2H3,(H,24,25);1H. The van der Waals surface area contributed by atoms with Crippen molar-refractivity contribution in [1.82, 2.24) is 10.2 Å². The van der Waals surface area contributed by atoms with Gasteiger partial charge in [0.1, 0.15) is 0 Å². The van der Waals surface area contributed by atoms with Crippen molar-refractivity contribution in [3.8, 4) is 0 Å². The fraction of sp³-hybridized carbons (Fsp3) is 0.696. The van der Waals surface area contributed by atoms with Gasteiger partial charge in [0.05, 0.1) is 13.2 Å². The fourth-order valence-electron chi connectivity index (χ4n) is 4.22. The Morgan fingerprint density at radius 2 is 1.80 bits per heavy atom. The van der Waals surface area contributed by atoms with E-state index < -0.39 is 0 Å². The van der Waals surface area contributed by atoms with Crippen LogP contribution in [0.5, 0.6) is 0 Å². The van der Waals surface area contributed by atoms with E-state index in [-0.39, 0.29) is 24.0 Å². The van der Waals surface area contributed by atoms with E-state index in [4.69, 9.17) is 9.73 Å². The molecular weight excluding hydrogens is 491 g/mol. The van der Waals surface area contributed by atoms with Gasteiger partial charge in [-0.15, -0.1) is 24.0 Å². The monoisotopic (exact) mass is 530 g/mol. The number of hydrogen-bond donors (Lipinski definition) is 2. The molecule has 3 rings (SSSR count). The lowest BCUT2D eigenvalue weighted by molar-refractivity contribution is 0.114. The molecule has 0 bridgehead atoms. The molecule has 2 fully saturated rings. The van der Waals surface area contributed by atoms with Gasteiger partial charge in [0, 0.05) is 57.5 Å². The summed E-state index contributed by atoms with van der Waals surface area (Å²) >= 11 is 0. The highest BCUT2D eigenvalue weighted by Gasteiger charge is 2.25. The first-order valence-corrected chi connectivity index (χ1v) is 11.3. The molecule has 0 aliphatic carbocycles.